The summed E-state index contributed by atoms with van der Waals surface area (Å²) in [4.78, 5) is 25.6. The zero-order valence-electron chi connectivity index (χ0n) is 19.5. The number of rotatable bonds is 14. The molecule has 0 bridgehead atoms. The van der Waals surface area contributed by atoms with E-state index in [1.165, 1.54) is 0 Å². The van der Waals surface area contributed by atoms with Gasteiger partial charge in [-0.25, -0.2) is 8.42 Å². The molecule has 1 aromatic carbocycles. The molecule has 9 heteroatoms. The van der Waals surface area contributed by atoms with Gasteiger partial charge in [0, 0.05) is 32.9 Å². The highest BCUT2D eigenvalue weighted by molar-refractivity contribution is 7.89. The molecule has 0 saturated carbocycles. The molecule has 2 atom stereocenters. The molecule has 2 amide bonds. The molecule has 0 radical (unpaired) electrons. The summed E-state index contributed by atoms with van der Waals surface area (Å²) in [5.41, 5.74) is 2.10. The van der Waals surface area contributed by atoms with E-state index in [0.29, 0.717) is 32.4 Å². The van der Waals surface area contributed by atoms with Crippen LogP contribution < -0.4 is 4.72 Å². The van der Waals surface area contributed by atoms with E-state index < -0.39 is 22.0 Å². The van der Waals surface area contributed by atoms with Crippen LogP contribution in [0.2, 0.25) is 0 Å². The molecule has 1 fully saturated rings. The molecule has 1 heterocycles. The van der Waals surface area contributed by atoms with Gasteiger partial charge in [0.1, 0.15) is 0 Å². The molecule has 1 saturated heterocycles. The Morgan fingerprint density at radius 1 is 1.27 bits per heavy atom. The lowest BCUT2D eigenvalue weighted by Gasteiger charge is -2.22. The van der Waals surface area contributed by atoms with Crippen molar-refractivity contribution in [1.29, 1.82) is 0 Å². The van der Waals surface area contributed by atoms with E-state index in [-0.39, 0.29) is 18.4 Å². The number of nitrogens with zero attached hydrogens (tertiary/aromatic N) is 1. The minimum absolute atomic E-state index is 0.00693. The van der Waals surface area contributed by atoms with Crippen molar-refractivity contribution >= 4 is 21.8 Å². The van der Waals surface area contributed by atoms with Gasteiger partial charge in [-0.15, -0.1) is 0 Å². The number of carbonyl (C=O) groups excluding carboxylic acids is 2. The standard InChI is InChI=1S/C24H36N2O6S/c1-32-18-20-9-7-8-19(16-20)17-22(27)13-11-21-12-14-24(29)26(21)15-6-4-3-5-10-23(28)25-33(2,30)31/h7-9,11,13,16,21-22,27H,3-6,10,12,14-15,17-18H2,1-2H3,(H,25,28)/t21-,22+/m0/s1. The Hall–Kier alpha value is -2.23. The van der Waals surface area contributed by atoms with E-state index in [4.69, 9.17) is 4.74 Å². The first-order chi connectivity index (χ1) is 15.7. The molecule has 1 aliphatic rings. The number of methoxy groups -OCH3 is 1. The molecule has 8 nitrogen and oxygen atoms in total. The van der Waals surface area contributed by atoms with E-state index in [2.05, 4.69) is 0 Å². The third kappa shape index (κ3) is 10.5. The Bertz CT molecular complexity index is 915. The van der Waals surface area contributed by atoms with Gasteiger partial charge in [-0.2, -0.15) is 0 Å². The van der Waals surface area contributed by atoms with Crippen LogP contribution in [-0.2, 0) is 37.4 Å². The number of hydrogen-bond acceptors (Lipinski definition) is 6. The molecule has 2 rings (SSSR count). The van der Waals surface area contributed by atoms with Crippen LogP contribution in [0.15, 0.2) is 36.4 Å². The van der Waals surface area contributed by atoms with Crippen molar-refractivity contribution in [3.05, 3.63) is 47.5 Å². The molecule has 184 valence electrons. The van der Waals surface area contributed by atoms with Crippen molar-refractivity contribution in [3.8, 4) is 0 Å². The molecule has 1 aromatic rings. The summed E-state index contributed by atoms with van der Waals surface area (Å²) in [6, 6.07) is 7.94. The van der Waals surface area contributed by atoms with Gasteiger partial charge in [-0.05, 0) is 30.4 Å². The number of likely N-dealkylation sites (tertiary alicyclic amines) is 1. The minimum atomic E-state index is -3.50. The second-order valence-electron chi connectivity index (χ2n) is 8.56. The Balaban J connectivity index is 1.73. The van der Waals surface area contributed by atoms with Crippen LogP contribution in [0, 0.1) is 0 Å². The number of ether oxygens (including phenoxy) is 1. The minimum Gasteiger partial charge on any atom is -0.389 e. The van der Waals surface area contributed by atoms with Crippen molar-refractivity contribution in [2.45, 2.75) is 70.1 Å². The fourth-order valence-corrected chi connectivity index (χ4v) is 4.52. The number of aliphatic hydroxyl groups is 1. The highest BCUT2D eigenvalue weighted by atomic mass is 32.2. The van der Waals surface area contributed by atoms with Crippen molar-refractivity contribution in [1.82, 2.24) is 9.62 Å². The summed E-state index contributed by atoms with van der Waals surface area (Å²) in [5, 5.41) is 10.4. The summed E-state index contributed by atoms with van der Waals surface area (Å²) >= 11 is 0. The largest absolute Gasteiger partial charge is 0.389 e. The highest BCUT2D eigenvalue weighted by Crippen LogP contribution is 2.21. The van der Waals surface area contributed by atoms with Crippen molar-refractivity contribution in [2.75, 3.05) is 19.9 Å². The Morgan fingerprint density at radius 2 is 2.00 bits per heavy atom. The number of amides is 2. The van der Waals surface area contributed by atoms with E-state index in [9.17, 15) is 23.1 Å². The SMILES string of the molecule is COCc1cccc(C[C@H](O)C=C[C@H]2CCC(=O)N2CCCCCCC(=O)NS(C)(=O)=O)c1. The van der Waals surface area contributed by atoms with Gasteiger partial charge < -0.3 is 14.7 Å². The van der Waals surface area contributed by atoms with Gasteiger partial charge in [0.15, 0.2) is 0 Å². The van der Waals surface area contributed by atoms with Gasteiger partial charge in [-0.3, -0.25) is 14.3 Å². The smallest absolute Gasteiger partial charge is 0.233 e. The Kier molecular flexibility index (Phi) is 11.0. The second kappa shape index (κ2) is 13.5. The third-order valence-electron chi connectivity index (χ3n) is 5.53. The van der Waals surface area contributed by atoms with Crippen LogP contribution in [0.1, 0.15) is 56.1 Å². The van der Waals surface area contributed by atoms with Crippen LogP contribution >= 0.6 is 0 Å². The molecule has 33 heavy (non-hydrogen) atoms. The molecule has 0 unspecified atom stereocenters. The maximum Gasteiger partial charge on any atom is 0.233 e. The normalized spacial score (nSPS) is 17.6. The van der Waals surface area contributed by atoms with Gasteiger partial charge in [-0.1, -0.05) is 49.3 Å². The van der Waals surface area contributed by atoms with Crippen LogP contribution in [-0.4, -0.2) is 62.3 Å². The number of aliphatic hydroxyl groups excluding tert-OH is 1. The number of benzene rings is 1. The topological polar surface area (TPSA) is 113 Å². The molecule has 0 spiro atoms. The predicted molar refractivity (Wildman–Crippen MR) is 127 cm³/mol. The fourth-order valence-electron chi connectivity index (χ4n) is 4.00. The third-order valence-corrected chi connectivity index (χ3v) is 6.13. The molecule has 2 N–H and O–H groups in total. The van der Waals surface area contributed by atoms with Crippen molar-refractivity contribution in [3.63, 3.8) is 0 Å². The molecule has 0 aromatic heterocycles. The summed E-state index contributed by atoms with van der Waals surface area (Å²) in [6.07, 6.45) is 9.05. The Morgan fingerprint density at radius 3 is 2.73 bits per heavy atom. The molecule has 0 aliphatic carbocycles. The van der Waals surface area contributed by atoms with Crippen LogP contribution in [0.5, 0.6) is 0 Å². The summed E-state index contributed by atoms with van der Waals surface area (Å²) < 4.78 is 29.1. The van der Waals surface area contributed by atoms with E-state index in [0.717, 1.165) is 43.1 Å². The quantitative estimate of drug-likeness (QED) is 0.312. The van der Waals surface area contributed by atoms with Crippen molar-refractivity contribution in [2.24, 2.45) is 0 Å². The number of hydrogen-bond donors (Lipinski definition) is 2. The van der Waals surface area contributed by atoms with Crippen molar-refractivity contribution < 1.29 is 27.9 Å². The molecular weight excluding hydrogens is 444 g/mol. The first kappa shape index (κ1) is 27.0. The van der Waals surface area contributed by atoms with Gasteiger partial charge in [0.25, 0.3) is 0 Å². The molecular formula is C24H36N2O6S. The summed E-state index contributed by atoms with van der Waals surface area (Å²) in [6.45, 7) is 1.17. The highest BCUT2D eigenvalue weighted by Gasteiger charge is 2.28. The van der Waals surface area contributed by atoms with Crippen LogP contribution in [0.4, 0.5) is 0 Å². The lowest BCUT2D eigenvalue weighted by atomic mass is 10.0. The number of sulfonamides is 1. The van der Waals surface area contributed by atoms with Gasteiger partial charge in [0.2, 0.25) is 21.8 Å². The van der Waals surface area contributed by atoms with Gasteiger partial charge in [0.05, 0.1) is 25.0 Å². The molecule has 1 aliphatic heterocycles. The summed E-state index contributed by atoms with van der Waals surface area (Å²) in [7, 11) is -1.85. The fraction of sp³-hybridized carbons (Fsp3) is 0.583. The number of nitrogens with one attached hydrogen (secondary N) is 1. The Labute approximate surface area is 197 Å². The first-order valence-electron chi connectivity index (χ1n) is 11.4. The average molecular weight is 481 g/mol. The van der Waals surface area contributed by atoms with E-state index >= 15 is 0 Å². The lowest BCUT2D eigenvalue weighted by molar-refractivity contribution is -0.128. The van der Waals surface area contributed by atoms with E-state index in [1.54, 1.807) is 13.2 Å². The average Bonchev–Trinajstić information content (AvgIpc) is 3.08. The maximum atomic E-state index is 12.3. The zero-order chi connectivity index (χ0) is 24.3. The van der Waals surface area contributed by atoms with Gasteiger partial charge >= 0.3 is 0 Å². The number of carbonyl (C=O) groups is 2. The first-order valence-corrected chi connectivity index (χ1v) is 13.3. The van der Waals surface area contributed by atoms with Crippen LogP contribution in [0.25, 0.3) is 0 Å². The zero-order valence-corrected chi connectivity index (χ0v) is 20.4. The lowest BCUT2D eigenvalue weighted by Crippen LogP contribution is -2.32. The second-order valence-corrected chi connectivity index (χ2v) is 10.3. The summed E-state index contributed by atoms with van der Waals surface area (Å²) in [5.74, 6) is -0.361. The monoisotopic (exact) mass is 480 g/mol. The predicted octanol–water partition coefficient (Wildman–Crippen LogP) is 2.31. The maximum absolute atomic E-state index is 12.3. The van der Waals surface area contributed by atoms with E-state index in [1.807, 2.05) is 40.0 Å². The van der Waals surface area contributed by atoms with Crippen LogP contribution in [0.3, 0.4) is 0 Å². The number of unbranched alkanes of at least 4 members (excludes halogenated alkanes) is 3.